The molecular formula is C33H25FN6O2. The third-order valence-corrected chi connectivity index (χ3v) is 7.20. The van der Waals surface area contributed by atoms with Gasteiger partial charge in [0.25, 0.3) is 0 Å². The Labute approximate surface area is 239 Å². The number of nitrogens with one attached hydrogen (secondary N) is 3. The molecule has 5 N–H and O–H groups in total. The van der Waals surface area contributed by atoms with Gasteiger partial charge in [0.15, 0.2) is 0 Å². The molecule has 4 aromatic heterocycles. The van der Waals surface area contributed by atoms with Crippen molar-refractivity contribution in [1.82, 2.24) is 25.1 Å². The Morgan fingerprint density at radius 3 is 2.57 bits per heavy atom. The molecule has 0 saturated heterocycles. The van der Waals surface area contributed by atoms with Crippen LogP contribution in [0.15, 0.2) is 104 Å². The first-order valence-electron chi connectivity index (χ1n) is 13.4. The van der Waals surface area contributed by atoms with Crippen LogP contribution in [-0.4, -0.2) is 41.6 Å². The number of aromatic amines is 2. The second-order valence-electron chi connectivity index (χ2n) is 10.1. The Morgan fingerprint density at radius 1 is 0.833 bits per heavy atom. The van der Waals surface area contributed by atoms with E-state index in [0.29, 0.717) is 29.1 Å². The van der Waals surface area contributed by atoms with Gasteiger partial charge < -0.3 is 20.5 Å². The summed E-state index contributed by atoms with van der Waals surface area (Å²) < 4.78 is 14.1. The summed E-state index contributed by atoms with van der Waals surface area (Å²) in [6, 6.07) is 25.4. The third-order valence-electron chi connectivity index (χ3n) is 7.20. The molecule has 0 fully saturated rings. The van der Waals surface area contributed by atoms with Gasteiger partial charge in [0.1, 0.15) is 23.5 Å². The Balaban J connectivity index is 1.21. The zero-order chi connectivity index (χ0) is 28.6. The number of hydrogen-bond acceptors (Lipinski definition) is 6. The Morgan fingerprint density at radius 2 is 1.71 bits per heavy atom. The number of phenols is 1. The summed E-state index contributed by atoms with van der Waals surface area (Å²) in [6.07, 6.45) is 4.81. The van der Waals surface area contributed by atoms with Crippen molar-refractivity contribution in [1.29, 1.82) is 0 Å². The highest BCUT2D eigenvalue weighted by Gasteiger charge is 2.16. The van der Waals surface area contributed by atoms with E-state index in [1.165, 1.54) is 6.07 Å². The second kappa shape index (κ2) is 10.5. The zero-order valence-electron chi connectivity index (χ0n) is 22.2. The van der Waals surface area contributed by atoms with E-state index in [1.807, 2.05) is 66.7 Å². The van der Waals surface area contributed by atoms with Crippen LogP contribution in [0, 0.1) is 5.82 Å². The molecule has 0 aliphatic rings. The van der Waals surface area contributed by atoms with Crippen molar-refractivity contribution in [3.63, 3.8) is 0 Å². The quantitative estimate of drug-likeness (QED) is 0.140. The molecule has 0 aliphatic heterocycles. The highest BCUT2D eigenvalue weighted by Crippen LogP contribution is 2.36. The van der Waals surface area contributed by atoms with Crippen molar-refractivity contribution in [2.45, 2.75) is 12.6 Å². The molecule has 0 bridgehead atoms. The van der Waals surface area contributed by atoms with Crippen LogP contribution < -0.4 is 5.32 Å². The molecule has 9 heteroatoms. The van der Waals surface area contributed by atoms with Crippen molar-refractivity contribution in [2.24, 2.45) is 0 Å². The fourth-order valence-corrected chi connectivity index (χ4v) is 5.28. The maximum Gasteiger partial charge on any atom is 0.128 e. The number of hydrogen-bond donors (Lipinski definition) is 5. The number of phenolic OH excluding ortho intramolecular Hbond substituents is 1. The zero-order valence-corrected chi connectivity index (χ0v) is 22.2. The lowest BCUT2D eigenvalue weighted by Crippen LogP contribution is -2.21. The molecule has 7 rings (SSSR count). The van der Waals surface area contributed by atoms with Gasteiger partial charge >= 0.3 is 0 Å². The molecule has 0 spiro atoms. The van der Waals surface area contributed by atoms with Crippen molar-refractivity contribution < 1.29 is 14.6 Å². The van der Waals surface area contributed by atoms with Gasteiger partial charge in [-0.3, -0.25) is 15.1 Å². The predicted octanol–water partition coefficient (Wildman–Crippen LogP) is 6.65. The van der Waals surface area contributed by atoms with Crippen LogP contribution in [0.1, 0.15) is 5.56 Å². The van der Waals surface area contributed by atoms with Crippen LogP contribution in [0.3, 0.4) is 0 Å². The fraction of sp³-hybridized carbons (Fsp3) is 0.0606. The fourth-order valence-electron chi connectivity index (χ4n) is 5.28. The first-order chi connectivity index (χ1) is 20.5. The highest BCUT2D eigenvalue weighted by molar-refractivity contribution is 6.01. The molecule has 0 saturated carbocycles. The molecule has 8 nitrogen and oxygen atoms in total. The van der Waals surface area contributed by atoms with Gasteiger partial charge in [-0.2, -0.15) is 5.10 Å². The van der Waals surface area contributed by atoms with Crippen LogP contribution in [0.4, 0.5) is 10.1 Å². The van der Waals surface area contributed by atoms with Gasteiger partial charge in [-0.25, -0.2) is 4.39 Å². The summed E-state index contributed by atoms with van der Waals surface area (Å²) in [5.41, 5.74) is 7.66. The molecule has 4 heterocycles. The lowest BCUT2D eigenvalue weighted by molar-refractivity contribution is 0.204. The SMILES string of the molecule is Oc1cc(F)cc(-c2cccc3[nH]c(-c4n[nH]c5cnc(-c6cncc(NC(O)Cc7ccccc7)c6)cc45)cc23)c1. The number of rotatable bonds is 7. The summed E-state index contributed by atoms with van der Waals surface area (Å²) >= 11 is 0. The molecule has 0 aliphatic carbocycles. The van der Waals surface area contributed by atoms with Gasteiger partial charge in [0.2, 0.25) is 0 Å². The monoisotopic (exact) mass is 556 g/mol. The Hall–Kier alpha value is -5.54. The number of nitrogens with zero attached hydrogens (tertiary/aromatic N) is 3. The maximum atomic E-state index is 14.1. The number of benzene rings is 3. The largest absolute Gasteiger partial charge is 0.508 e. The highest BCUT2D eigenvalue weighted by atomic mass is 19.1. The Kier molecular flexibility index (Phi) is 6.33. The number of fused-ring (bicyclic) bond motifs is 2. The van der Waals surface area contributed by atoms with Crippen LogP contribution in [0.2, 0.25) is 0 Å². The number of pyridine rings is 2. The van der Waals surface area contributed by atoms with Crippen molar-refractivity contribution in [3.8, 4) is 39.5 Å². The molecule has 1 atom stereocenters. The van der Waals surface area contributed by atoms with Crippen molar-refractivity contribution in [2.75, 3.05) is 5.32 Å². The molecule has 3 aromatic carbocycles. The first kappa shape index (κ1) is 25.4. The number of H-pyrrole nitrogens is 2. The van der Waals surface area contributed by atoms with Crippen LogP contribution in [0.5, 0.6) is 5.75 Å². The number of halogens is 1. The van der Waals surface area contributed by atoms with E-state index < -0.39 is 12.0 Å². The van der Waals surface area contributed by atoms with E-state index in [4.69, 9.17) is 0 Å². The van der Waals surface area contributed by atoms with E-state index in [9.17, 15) is 14.6 Å². The summed E-state index contributed by atoms with van der Waals surface area (Å²) in [4.78, 5) is 12.4. The smallest absolute Gasteiger partial charge is 0.128 e. The minimum atomic E-state index is -0.774. The number of aliphatic hydroxyl groups excluding tert-OH is 1. The van der Waals surface area contributed by atoms with Crippen LogP contribution in [-0.2, 0) is 6.42 Å². The summed E-state index contributed by atoms with van der Waals surface area (Å²) in [5.74, 6) is -0.633. The van der Waals surface area contributed by atoms with Gasteiger partial charge in [0, 0.05) is 40.5 Å². The van der Waals surface area contributed by atoms with Crippen LogP contribution in [0.25, 0.3) is 55.6 Å². The van der Waals surface area contributed by atoms with E-state index in [-0.39, 0.29) is 5.75 Å². The number of aromatic hydroxyl groups is 1. The third kappa shape index (κ3) is 4.93. The lowest BCUT2D eigenvalue weighted by Gasteiger charge is -2.14. The molecule has 0 amide bonds. The van der Waals surface area contributed by atoms with Gasteiger partial charge in [-0.15, -0.1) is 0 Å². The van der Waals surface area contributed by atoms with Crippen LogP contribution >= 0.6 is 0 Å². The topological polar surface area (TPSA) is 123 Å². The minimum Gasteiger partial charge on any atom is -0.508 e. The molecule has 0 radical (unpaired) electrons. The predicted molar refractivity (Wildman–Crippen MR) is 161 cm³/mol. The Bertz CT molecular complexity index is 2030. The van der Waals surface area contributed by atoms with Crippen molar-refractivity contribution >= 4 is 27.5 Å². The number of anilines is 1. The average molecular weight is 557 g/mol. The molecule has 206 valence electrons. The molecule has 42 heavy (non-hydrogen) atoms. The van der Waals surface area contributed by atoms with E-state index >= 15 is 0 Å². The normalized spacial score (nSPS) is 12.1. The molecule has 1 unspecified atom stereocenters. The van der Waals surface area contributed by atoms with E-state index in [0.717, 1.165) is 50.3 Å². The molecular weight excluding hydrogens is 531 g/mol. The standard InChI is InChI=1S/C33H25FN6O2/c34-22-10-20(12-24(41)13-22)25-7-4-8-28-26(25)14-30(38-28)33-27-15-29(36-18-31(27)39-40-33)21-11-23(17-35-16-21)37-32(42)9-19-5-2-1-3-6-19/h1-8,10-18,32,37-38,41-42H,9H2,(H,39,40). The number of aliphatic hydroxyl groups is 1. The van der Waals surface area contributed by atoms with Gasteiger partial charge in [0.05, 0.1) is 35.0 Å². The minimum absolute atomic E-state index is 0.129. The van der Waals surface area contributed by atoms with E-state index in [2.05, 4.69) is 30.5 Å². The lowest BCUT2D eigenvalue weighted by atomic mass is 10.0. The molecule has 7 aromatic rings. The van der Waals surface area contributed by atoms with Crippen molar-refractivity contribution in [3.05, 3.63) is 115 Å². The second-order valence-corrected chi connectivity index (χ2v) is 10.1. The van der Waals surface area contributed by atoms with Gasteiger partial charge in [-0.05, 0) is 53.1 Å². The number of aromatic nitrogens is 5. The maximum absolute atomic E-state index is 14.1. The van der Waals surface area contributed by atoms with Gasteiger partial charge in [-0.1, -0.05) is 42.5 Å². The first-order valence-corrected chi connectivity index (χ1v) is 13.4. The summed E-state index contributed by atoms with van der Waals surface area (Å²) in [7, 11) is 0. The average Bonchev–Trinajstić information content (AvgIpc) is 3.61. The summed E-state index contributed by atoms with van der Waals surface area (Å²) in [6.45, 7) is 0. The summed E-state index contributed by atoms with van der Waals surface area (Å²) in [5, 5.41) is 33.0. The van der Waals surface area contributed by atoms with E-state index in [1.54, 1.807) is 24.7 Å².